The first kappa shape index (κ1) is 10.7. The minimum Gasteiger partial charge on any atom is -0.323 e. The van der Waals surface area contributed by atoms with E-state index in [9.17, 15) is 0 Å². The zero-order chi connectivity index (χ0) is 10.9. The molecule has 1 unspecified atom stereocenters. The van der Waals surface area contributed by atoms with E-state index in [4.69, 9.17) is 5.73 Å². The Hall–Kier alpha value is -0.820. The van der Waals surface area contributed by atoms with Gasteiger partial charge >= 0.3 is 0 Å². The topological polar surface area (TPSA) is 26.0 Å². The fraction of sp³-hybridized carbons (Fsp3) is 0.571. The van der Waals surface area contributed by atoms with E-state index in [1.54, 1.807) is 0 Å². The van der Waals surface area contributed by atoms with Crippen molar-refractivity contribution < 1.29 is 0 Å². The zero-order valence-electron chi connectivity index (χ0n) is 9.79. The summed E-state index contributed by atoms with van der Waals surface area (Å²) in [5.74, 6) is 0. The van der Waals surface area contributed by atoms with E-state index in [0.717, 1.165) is 0 Å². The highest BCUT2D eigenvalue weighted by Crippen LogP contribution is 2.45. The molecule has 0 aliphatic heterocycles. The first-order valence-electron chi connectivity index (χ1n) is 5.94. The van der Waals surface area contributed by atoms with Crippen molar-refractivity contribution in [1.29, 1.82) is 0 Å². The summed E-state index contributed by atoms with van der Waals surface area (Å²) < 4.78 is 0. The van der Waals surface area contributed by atoms with Gasteiger partial charge in [-0.25, -0.2) is 0 Å². The number of rotatable bonds is 2. The van der Waals surface area contributed by atoms with Gasteiger partial charge in [0.25, 0.3) is 0 Å². The van der Waals surface area contributed by atoms with Crippen LogP contribution in [0.25, 0.3) is 0 Å². The molecular weight excluding hydrogens is 182 g/mol. The van der Waals surface area contributed by atoms with E-state index in [1.807, 2.05) is 0 Å². The van der Waals surface area contributed by atoms with Crippen molar-refractivity contribution in [3.63, 3.8) is 0 Å². The molecule has 1 saturated carbocycles. The third-order valence-corrected chi connectivity index (χ3v) is 3.90. The lowest BCUT2D eigenvalue weighted by molar-refractivity contribution is 0.265. The molecular formula is C14H21N. The number of benzene rings is 1. The van der Waals surface area contributed by atoms with E-state index in [-0.39, 0.29) is 6.04 Å². The Morgan fingerprint density at radius 2 is 1.93 bits per heavy atom. The van der Waals surface area contributed by atoms with Crippen molar-refractivity contribution in [3.05, 3.63) is 35.4 Å². The summed E-state index contributed by atoms with van der Waals surface area (Å²) in [6.07, 6.45) is 5.25. The first-order chi connectivity index (χ1) is 7.12. The molecule has 0 saturated heterocycles. The quantitative estimate of drug-likeness (QED) is 0.781. The molecule has 1 aliphatic rings. The van der Waals surface area contributed by atoms with Gasteiger partial charge in [-0.2, -0.15) is 0 Å². The van der Waals surface area contributed by atoms with Crippen molar-refractivity contribution in [2.75, 3.05) is 0 Å². The van der Waals surface area contributed by atoms with Crippen molar-refractivity contribution in [2.24, 2.45) is 11.1 Å². The summed E-state index contributed by atoms with van der Waals surface area (Å²) in [4.78, 5) is 0. The predicted octanol–water partition coefficient (Wildman–Crippen LogP) is 3.58. The average molecular weight is 203 g/mol. The molecule has 1 heteroatoms. The molecule has 82 valence electrons. The van der Waals surface area contributed by atoms with E-state index in [2.05, 4.69) is 38.1 Å². The molecule has 2 rings (SSSR count). The second-order valence-corrected chi connectivity index (χ2v) is 5.25. The van der Waals surface area contributed by atoms with Crippen molar-refractivity contribution in [1.82, 2.24) is 0 Å². The van der Waals surface area contributed by atoms with E-state index in [0.29, 0.717) is 5.41 Å². The third-order valence-electron chi connectivity index (χ3n) is 3.90. The monoisotopic (exact) mass is 203 g/mol. The molecule has 0 heterocycles. The molecule has 2 N–H and O–H groups in total. The summed E-state index contributed by atoms with van der Waals surface area (Å²) in [7, 11) is 0. The summed E-state index contributed by atoms with van der Waals surface area (Å²) in [5.41, 5.74) is 9.35. The van der Waals surface area contributed by atoms with Gasteiger partial charge in [0.2, 0.25) is 0 Å². The van der Waals surface area contributed by atoms with Crippen LogP contribution in [-0.4, -0.2) is 0 Å². The normalized spacial score (nSPS) is 21.5. The summed E-state index contributed by atoms with van der Waals surface area (Å²) in [5, 5.41) is 0. The number of aryl methyl sites for hydroxylation is 1. The van der Waals surface area contributed by atoms with Crippen molar-refractivity contribution in [2.45, 2.75) is 45.6 Å². The van der Waals surface area contributed by atoms with Gasteiger partial charge in [-0.1, -0.05) is 49.6 Å². The highest BCUT2D eigenvalue weighted by Gasteiger charge is 2.35. The summed E-state index contributed by atoms with van der Waals surface area (Å²) in [6.45, 7) is 4.47. The molecule has 15 heavy (non-hydrogen) atoms. The van der Waals surface area contributed by atoms with Crippen LogP contribution in [0.5, 0.6) is 0 Å². The predicted molar refractivity (Wildman–Crippen MR) is 64.7 cm³/mol. The molecule has 0 bridgehead atoms. The van der Waals surface area contributed by atoms with Gasteiger partial charge in [-0.3, -0.25) is 0 Å². The summed E-state index contributed by atoms with van der Waals surface area (Å²) >= 11 is 0. The minimum absolute atomic E-state index is 0.208. The first-order valence-corrected chi connectivity index (χ1v) is 5.94. The standard InChI is InChI=1S/C14H21N/c1-11-6-5-7-12(10-11)13(15)14(2)8-3-4-9-14/h5-7,10,13H,3-4,8-9,15H2,1-2H3. The Labute approximate surface area is 92.7 Å². The van der Waals surface area contributed by atoms with Crippen LogP contribution in [0.15, 0.2) is 24.3 Å². The SMILES string of the molecule is Cc1cccc(C(N)C2(C)CCCC2)c1. The van der Waals surface area contributed by atoms with Gasteiger partial charge in [-0.15, -0.1) is 0 Å². The summed E-state index contributed by atoms with van der Waals surface area (Å²) in [6, 6.07) is 8.85. The number of hydrogen-bond donors (Lipinski definition) is 1. The molecule has 0 amide bonds. The van der Waals surface area contributed by atoms with Gasteiger partial charge in [0.15, 0.2) is 0 Å². The second kappa shape index (κ2) is 3.97. The van der Waals surface area contributed by atoms with Crippen LogP contribution in [0.4, 0.5) is 0 Å². The number of hydrogen-bond acceptors (Lipinski definition) is 1. The maximum absolute atomic E-state index is 6.40. The lowest BCUT2D eigenvalue weighted by Gasteiger charge is -2.31. The molecule has 1 aromatic carbocycles. The van der Waals surface area contributed by atoms with E-state index in [1.165, 1.54) is 36.8 Å². The average Bonchev–Trinajstić information content (AvgIpc) is 2.65. The molecule has 1 aromatic rings. The Morgan fingerprint density at radius 1 is 1.27 bits per heavy atom. The Kier molecular flexibility index (Phi) is 2.83. The van der Waals surface area contributed by atoms with E-state index >= 15 is 0 Å². The Bertz CT molecular complexity index is 337. The lowest BCUT2D eigenvalue weighted by Crippen LogP contribution is -2.29. The van der Waals surface area contributed by atoms with Crippen LogP contribution < -0.4 is 5.73 Å². The fourth-order valence-corrected chi connectivity index (χ4v) is 2.76. The zero-order valence-corrected chi connectivity index (χ0v) is 9.79. The fourth-order valence-electron chi connectivity index (χ4n) is 2.76. The Morgan fingerprint density at radius 3 is 2.53 bits per heavy atom. The third kappa shape index (κ3) is 2.07. The smallest absolute Gasteiger partial charge is 0.0349 e. The van der Waals surface area contributed by atoms with Gasteiger partial charge in [-0.05, 0) is 30.7 Å². The van der Waals surface area contributed by atoms with E-state index < -0.39 is 0 Å². The minimum atomic E-state index is 0.208. The highest BCUT2D eigenvalue weighted by atomic mass is 14.7. The van der Waals surface area contributed by atoms with Gasteiger partial charge < -0.3 is 5.73 Å². The number of nitrogens with two attached hydrogens (primary N) is 1. The van der Waals surface area contributed by atoms with Crippen molar-refractivity contribution in [3.8, 4) is 0 Å². The largest absolute Gasteiger partial charge is 0.323 e. The van der Waals surface area contributed by atoms with Crippen molar-refractivity contribution >= 4 is 0 Å². The molecule has 0 spiro atoms. The van der Waals surface area contributed by atoms with Crippen LogP contribution in [-0.2, 0) is 0 Å². The van der Waals surface area contributed by atoms with Crippen LogP contribution >= 0.6 is 0 Å². The Balaban J connectivity index is 2.23. The molecule has 1 atom stereocenters. The molecule has 0 aromatic heterocycles. The van der Waals surface area contributed by atoms with Gasteiger partial charge in [0, 0.05) is 6.04 Å². The molecule has 0 radical (unpaired) electrons. The van der Waals surface area contributed by atoms with Gasteiger partial charge in [0.05, 0.1) is 0 Å². The highest BCUT2D eigenvalue weighted by molar-refractivity contribution is 5.26. The van der Waals surface area contributed by atoms with Crippen LogP contribution in [0.3, 0.4) is 0 Å². The lowest BCUT2D eigenvalue weighted by atomic mass is 9.77. The maximum Gasteiger partial charge on any atom is 0.0349 e. The van der Waals surface area contributed by atoms with Gasteiger partial charge in [0.1, 0.15) is 0 Å². The second-order valence-electron chi connectivity index (χ2n) is 5.25. The van der Waals surface area contributed by atoms with Crippen LogP contribution in [0.2, 0.25) is 0 Å². The molecule has 1 aliphatic carbocycles. The molecule has 1 nitrogen and oxygen atoms in total. The van der Waals surface area contributed by atoms with Crippen LogP contribution in [0.1, 0.15) is 49.8 Å². The molecule has 1 fully saturated rings. The van der Waals surface area contributed by atoms with Crippen LogP contribution in [0, 0.1) is 12.3 Å². The maximum atomic E-state index is 6.40.